The molecular formula is C21H19ClO. The Morgan fingerprint density at radius 2 is 1.70 bits per heavy atom. The Kier molecular flexibility index (Phi) is 3.97. The lowest BCUT2D eigenvalue weighted by Crippen LogP contribution is -2.01. The van der Waals surface area contributed by atoms with Gasteiger partial charge in [-0.25, -0.2) is 0 Å². The van der Waals surface area contributed by atoms with Crippen LogP contribution >= 0.6 is 11.6 Å². The van der Waals surface area contributed by atoms with Crippen molar-refractivity contribution in [3.63, 3.8) is 0 Å². The van der Waals surface area contributed by atoms with Crippen LogP contribution in [0.25, 0.3) is 10.8 Å². The second-order valence-corrected chi connectivity index (χ2v) is 6.43. The van der Waals surface area contributed by atoms with Crippen molar-refractivity contribution in [2.75, 3.05) is 0 Å². The first kappa shape index (κ1) is 14.6. The van der Waals surface area contributed by atoms with E-state index >= 15 is 0 Å². The van der Waals surface area contributed by atoms with E-state index in [0.717, 1.165) is 17.2 Å². The van der Waals surface area contributed by atoms with Crippen molar-refractivity contribution < 1.29 is 4.74 Å². The van der Waals surface area contributed by atoms with Gasteiger partial charge in [0.25, 0.3) is 0 Å². The molecule has 0 N–H and O–H groups in total. The fourth-order valence-electron chi connectivity index (χ4n) is 3.20. The molecule has 1 fully saturated rings. The minimum Gasteiger partial charge on any atom is -0.489 e. The van der Waals surface area contributed by atoms with Crippen molar-refractivity contribution in [3.8, 4) is 5.75 Å². The molecule has 116 valence electrons. The fourth-order valence-corrected chi connectivity index (χ4v) is 3.48. The van der Waals surface area contributed by atoms with Gasteiger partial charge in [0, 0.05) is 5.56 Å². The number of benzene rings is 3. The maximum Gasteiger partial charge on any atom is 0.124 e. The molecule has 3 aromatic rings. The summed E-state index contributed by atoms with van der Waals surface area (Å²) in [4.78, 5) is 0. The molecule has 0 heterocycles. The van der Waals surface area contributed by atoms with E-state index in [1.165, 1.54) is 34.7 Å². The van der Waals surface area contributed by atoms with Gasteiger partial charge in [-0.2, -0.15) is 0 Å². The van der Waals surface area contributed by atoms with Gasteiger partial charge in [-0.15, -0.1) is 11.6 Å². The smallest absolute Gasteiger partial charge is 0.124 e. The lowest BCUT2D eigenvalue weighted by molar-refractivity contribution is 0.303. The molecule has 0 aromatic heterocycles. The van der Waals surface area contributed by atoms with Crippen LogP contribution in [0.5, 0.6) is 5.75 Å². The Hall–Kier alpha value is -1.99. The molecular weight excluding hydrogens is 304 g/mol. The van der Waals surface area contributed by atoms with Crippen LogP contribution in [-0.2, 0) is 12.5 Å². The van der Waals surface area contributed by atoms with Gasteiger partial charge in [0.15, 0.2) is 0 Å². The van der Waals surface area contributed by atoms with E-state index in [2.05, 4.69) is 42.5 Å². The number of halogens is 1. The van der Waals surface area contributed by atoms with Crippen molar-refractivity contribution in [2.24, 2.45) is 0 Å². The summed E-state index contributed by atoms with van der Waals surface area (Å²) in [7, 11) is 0. The van der Waals surface area contributed by atoms with Crippen LogP contribution in [0.15, 0.2) is 60.7 Å². The largest absolute Gasteiger partial charge is 0.489 e. The summed E-state index contributed by atoms with van der Waals surface area (Å²) < 4.78 is 6.16. The Balaban J connectivity index is 1.63. The quantitative estimate of drug-likeness (QED) is 0.521. The average Bonchev–Trinajstić information content (AvgIpc) is 3.44. The maximum absolute atomic E-state index is 6.20. The highest BCUT2D eigenvalue weighted by Crippen LogP contribution is 2.42. The monoisotopic (exact) mass is 322 g/mol. The number of fused-ring (bicyclic) bond motifs is 1. The van der Waals surface area contributed by atoms with Crippen molar-refractivity contribution in [3.05, 3.63) is 77.4 Å². The first-order valence-corrected chi connectivity index (χ1v) is 8.67. The van der Waals surface area contributed by atoms with E-state index < -0.39 is 0 Å². The Labute approximate surface area is 141 Å². The van der Waals surface area contributed by atoms with E-state index in [1.807, 2.05) is 18.2 Å². The molecule has 1 saturated carbocycles. The third-order valence-corrected chi connectivity index (χ3v) is 4.85. The zero-order valence-electron chi connectivity index (χ0n) is 13.0. The highest BCUT2D eigenvalue weighted by Gasteiger charge is 2.25. The fraction of sp³-hybridized carbons (Fsp3) is 0.238. The van der Waals surface area contributed by atoms with Crippen molar-refractivity contribution >= 4 is 22.4 Å². The van der Waals surface area contributed by atoms with Gasteiger partial charge in [-0.3, -0.25) is 0 Å². The van der Waals surface area contributed by atoms with Crippen LogP contribution in [0.1, 0.15) is 35.4 Å². The van der Waals surface area contributed by atoms with Crippen LogP contribution in [0, 0.1) is 0 Å². The maximum atomic E-state index is 6.20. The first-order valence-electron chi connectivity index (χ1n) is 8.14. The van der Waals surface area contributed by atoms with Gasteiger partial charge in [0.05, 0.1) is 5.88 Å². The molecule has 1 aliphatic carbocycles. The highest BCUT2D eigenvalue weighted by molar-refractivity contribution is 6.18. The highest BCUT2D eigenvalue weighted by atomic mass is 35.5. The van der Waals surface area contributed by atoms with Gasteiger partial charge in [-0.05, 0) is 46.7 Å². The third kappa shape index (κ3) is 2.94. The summed E-state index contributed by atoms with van der Waals surface area (Å²) in [6, 6.07) is 21.1. The van der Waals surface area contributed by atoms with E-state index in [9.17, 15) is 0 Å². The number of ether oxygens (including phenoxy) is 1. The Morgan fingerprint density at radius 3 is 2.52 bits per heavy atom. The zero-order valence-corrected chi connectivity index (χ0v) is 13.7. The lowest BCUT2D eigenvalue weighted by Gasteiger charge is -2.14. The van der Waals surface area contributed by atoms with Crippen LogP contribution in [0.3, 0.4) is 0 Å². The minimum atomic E-state index is 0.459. The Bertz CT molecular complexity index is 836. The molecule has 1 nitrogen and oxygen atoms in total. The first-order chi connectivity index (χ1) is 11.4. The van der Waals surface area contributed by atoms with Gasteiger partial charge in [0.1, 0.15) is 12.4 Å². The van der Waals surface area contributed by atoms with E-state index in [0.29, 0.717) is 12.5 Å². The molecule has 0 spiro atoms. The molecule has 0 radical (unpaired) electrons. The lowest BCUT2D eigenvalue weighted by atomic mass is 10.0. The van der Waals surface area contributed by atoms with Crippen molar-refractivity contribution in [2.45, 2.75) is 31.2 Å². The molecule has 0 unspecified atom stereocenters. The van der Waals surface area contributed by atoms with Gasteiger partial charge >= 0.3 is 0 Å². The third-order valence-electron chi connectivity index (χ3n) is 4.59. The van der Waals surface area contributed by atoms with E-state index in [-0.39, 0.29) is 0 Å². The number of hydrogen-bond donors (Lipinski definition) is 0. The predicted molar refractivity (Wildman–Crippen MR) is 96.3 cm³/mol. The Morgan fingerprint density at radius 1 is 0.913 bits per heavy atom. The normalized spacial score (nSPS) is 14.1. The predicted octanol–water partition coefficient (Wildman–Crippen LogP) is 6.04. The van der Waals surface area contributed by atoms with Gasteiger partial charge < -0.3 is 4.74 Å². The van der Waals surface area contributed by atoms with Crippen molar-refractivity contribution in [1.29, 1.82) is 0 Å². The molecule has 0 saturated heterocycles. The van der Waals surface area contributed by atoms with Crippen LogP contribution in [0.4, 0.5) is 0 Å². The molecule has 0 atom stereocenters. The number of hydrogen-bond acceptors (Lipinski definition) is 1. The molecule has 0 amide bonds. The second kappa shape index (κ2) is 6.25. The summed E-state index contributed by atoms with van der Waals surface area (Å²) in [5, 5.41) is 2.38. The molecule has 3 aromatic carbocycles. The summed E-state index contributed by atoms with van der Waals surface area (Å²) >= 11 is 6.20. The molecule has 23 heavy (non-hydrogen) atoms. The molecule has 4 rings (SSSR count). The molecule has 1 aliphatic rings. The van der Waals surface area contributed by atoms with E-state index in [4.69, 9.17) is 16.3 Å². The summed E-state index contributed by atoms with van der Waals surface area (Å²) in [6.45, 7) is 0.606. The zero-order chi connectivity index (χ0) is 15.6. The van der Waals surface area contributed by atoms with Crippen molar-refractivity contribution in [1.82, 2.24) is 0 Å². The van der Waals surface area contributed by atoms with Crippen LogP contribution in [-0.4, -0.2) is 0 Å². The summed E-state index contributed by atoms with van der Waals surface area (Å²) in [5.74, 6) is 2.09. The molecule has 0 bridgehead atoms. The van der Waals surface area contributed by atoms with Crippen LogP contribution in [0.2, 0.25) is 0 Å². The standard InChI is InChI=1S/C21H19ClO/c22-13-20-19-8-4-1-5-15(19)11-12-21(20)23-14-17-6-2-3-7-18(17)16-9-10-16/h1-8,11-12,16H,9-10,13-14H2. The SMILES string of the molecule is ClCc1c(OCc2ccccc2C2CC2)ccc2ccccc12. The van der Waals surface area contributed by atoms with Gasteiger partial charge in [0.2, 0.25) is 0 Å². The topological polar surface area (TPSA) is 9.23 Å². The van der Waals surface area contributed by atoms with Crippen LogP contribution < -0.4 is 4.74 Å². The molecule has 0 aliphatic heterocycles. The number of alkyl halides is 1. The second-order valence-electron chi connectivity index (χ2n) is 6.16. The van der Waals surface area contributed by atoms with Gasteiger partial charge in [-0.1, -0.05) is 54.6 Å². The molecule has 2 heteroatoms. The minimum absolute atomic E-state index is 0.459. The summed E-state index contributed by atoms with van der Waals surface area (Å²) in [6.07, 6.45) is 2.61. The summed E-state index contributed by atoms with van der Waals surface area (Å²) in [5.41, 5.74) is 3.82. The number of rotatable bonds is 5. The average molecular weight is 323 g/mol. The van der Waals surface area contributed by atoms with E-state index in [1.54, 1.807) is 0 Å².